The molecule has 22 heavy (non-hydrogen) atoms. The van der Waals surface area contributed by atoms with Gasteiger partial charge in [-0.1, -0.05) is 6.92 Å². The Hall–Kier alpha value is -1.59. The van der Waals surface area contributed by atoms with Crippen LogP contribution >= 0.6 is 0 Å². The van der Waals surface area contributed by atoms with Crippen LogP contribution in [0.2, 0.25) is 0 Å². The van der Waals surface area contributed by atoms with E-state index in [1.807, 2.05) is 0 Å². The highest BCUT2D eigenvalue weighted by atomic mass is 16.5. The van der Waals surface area contributed by atoms with Crippen molar-refractivity contribution in [1.82, 2.24) is 4.90 Å². The molecule has 2 N–H and O–H groups in total. The molecule has 1 aliphatic rings. The summed E-state index contributed by atoms with van der Waals surface area (Å²) in [4.78, 5) is 13.3. The van der Waals surface area contributed by atoms with Crippen molar-refractivity contribution in [2.24, 2.45) is 5.92 Å². The maximum Gasteiger partial charge on any atom is 0.221 e. The molecular formula is C17H26N2O3. The number of benzene rings is 1. The molecule has 0 unspecified atom stereocenters. The molecule has 1 fully saturated rings. The summed E-state index contributed by atoms with van der Waals surface area (Å²) in [6.07, 6.45) is 2.00. The number of nitrogens with one attached hydrogen (secondary N) is 1. The fraction of sp³-hybridized carbons (Fsp3) is 0.588. The fourth-order valence-corrected chi connectivity index (χ4v) is 2.83. The maximum atomic E-state index is 10.9. The van der Waals surface area contributed by atoms with Gasteiger partial charge < -0.3 is 20.1 Å². The van der Waals surface area contributed by atoms with Gasteiger partial charge in [0.1, 0.15) is 18.5 Å². The number of carbonyl (C=O) groups excluding carboxylic acids is 1. The predicted molar refractivity (Wildman–Crippen MR) is 87.1 cm³/mol. The molecule has 1 aromatic rings. The van der Waals surface area contributed by atoms with Crippen LogP contribution in [0.4, 0.5) is 5.69 Å². The van der Waals surface area contributed by atoms with Crippen molar-refractivity contribution in [3.8, 4) is 5.75 Å². The minimum Gasteiger partial charge on any atom is -0.491 e. The highest BCUT2D eigenvalue weighted by molar-refractivity contribution is 5.88. The second kappa shape index (κ2) is 8.15. The third-order valence-electron chi connectivity index (χ3n) is 3.83. The maximum absolute atomic E-state index is 10.9. The van der Waals surface area contributed by atoms with E-state index < -0.39 is 6.10 Å². The summed E-state index contributed by atoms with van der Waals surface area (Å²) in [6.45, 7) is 6.79. The van der Waals surface area contributed by atoms with Gasteiger partial charge in [0.15, 0.2) is 0 Å². The summed E-state index contributed by atoms with van der Waals surface area (Å²) in [6, 6.07) is 7.16. The third-order valence-corrected chi connectivity index (χ3v) is 3.83. The van der Waals surface area contributed by atoms with Crippen LogP contribution in [-0.4, -0.2) is 48.3 Å². The third kappa shape index (κ3) is 5.66. The lowest BCUT2D eigenvalue weighted by Crippen LogP contribution is -2.41. The van der Waals surface area contributed by atoms with Gasteiger partial charge in [-0.3, -0.25) is 4.79 Å². The van der Waals surface area contributed by atoms with E-state index in [-0.39, 0.29) is 12.5 Å². The molecule has 1 aliphatic heterocycles. The number of hydrogen-bond donors (Lipinski definition) is 2. The van der Waals surface area contributed by atoms with Gasteiger partial charge in [-0.25, -0.2) is 0 Å². The van der Waals surface area contributed by atoms with Gasteiger partial charge in [-0.05, 0) is 49.6 Å². The second-order valence-electron chi connectivity index (χ2n) is 6.18. The summed E-state index contributed by atoms with van der Waals surface area (Å²) >= 11 is 0. The van der Waals surface area contributed by atoms with Crippen LogP contribution in [0.5, 0.6) is 5.75 Å². The Labute approximate surface area is 132 Å². The Morgan fingerprint density at radius 1 is 1.45 bits per heavy atom. The van der Waals surface area contributed by atoms with Crippen LogP contribution in [-0.2, 0) is 4.79 Å². The van der Waals surface area contributed by atoms with Crippen LogP contribution in [0.1, 0.15) is 26.7 Å². The molecule has 1 aromatic carbocycles. The molecule has 5 heteroatoms. The standard InChI is InChI=1S/C17H26N2O3/c1-13-4-3-9-19(10-13)11-16(21)12-22-17-7-5-15(6-8-17)18-14(2)20/h5-8,13,16,21H,3-4,9-12H2,1-2H3,(H,18,20)/t13-,16+/m0/s1. The minimum absolute atomic E-state index is 0.0974. The number of carbonyl (C=O) groups is 1. The van der Waals surface area contributed by atoms with E-state index in [4.69, 9.17) is 4.74 Å². The van der Waals surface area contributed by atoms with E-state index in [9.17, 15) is 9.90 Å². The molecule has 122 valence electrons. The zero-order valence-electron chi connectivity index (χ0n) is 13.4. The molecule has 0 spiro atoms. The Morgan fingerprint density at radius 2 is 2.18 bits per heavy atom. The van der Waals surface area contributed by atoms with Crippen molar-refractivity contribution in [2.45, 2.75) is 32.8 Å². The molecule has 0 saturated carbocycles. The smallest absolute Gasteiger partial charge is 0.221 e. The number of β-amino-alcohol motifs (C(OH)–C–C–N with tert-alkyl or cyclic N) is 1. The first-order valence-corrected chi connectivity index (χ1v) is 7.94. The van der Waals surface area contributed by atoms with E-state index >= 15 is 0 Å². The van der Waals surface area contributed by atoms with Gasteiger partial charge in [0.2, 0.25) is 5.91 Å². The molecule has 1 saturated heterocycles. The zero-order valence-corrected chi connectivity index (χ0v) is 13.4. The highest BCUT2D eigenvalue weighted by Crippen LogP contribution is 2.17. The molecule has 2 atom stereocenters. The quantitative estimate of drug-likeness (QED) is 0.845. The van der Waals surface area contributed by atoms with Crippen molar-refractivity contribution in [3.05, 3.63) is 24.3 Å². The van der Waals surface area contributed by atoms with E-state index in [0.29, 0.717) is 18.2 Å². The Kier molecular flexibility index (Phi) is 6.21. The average Bonchev–Trinajstić information content (AvgIpc) is 2.46. The van der Waals surface area contributed by atoms with Gasteiger partial charge in [0.25, 0.3) is 0 Å². The van der Waals surface area contributed by atoms with Crippen LogP contribution in [0.3, 0.4) is 0 Å². The normalized spacial score (nSPS) is 20.4. The van der Waals surface area contributed by atoms with Crippen LogP contribution < -0.4 is 10.1 Å². The lowest BCUT2D eigenvalue weighted by Gasteiger charge is -2.32. The number of nitrogens with zero attached hydrogens (tertiary/aromatic N) is 1. The summed E-state index contributed by atoms with van der Waals surface area (Å²) in [5.74, 6) is 1.31. The first-order valence-electron chi connectivity index (χ1n) is 7.94. The number of likely N-dealkylation sites (tertiary alicyclic amines) is 1. The Bertz CT molecular complexity index is 475. The SMILES string of the molecule is CC(=O)Nc1ccc(OC[C@H](O)CN2CCC[C@H](C)C2)cc1. The van der Waals surface area contributed by atoms with Crippen molar-refractivity contribution in [2.75, 3.05) is 31.6 Å². The molecule has 0 aliphatic carbocycles. The summed E-state index contributed by atoms with van der Waals surface area (Å²) < 4.78 is 5.61. The first kappa shape index (κ1) is 16.8. The number of anilines is 1. The topological polar surface area (TPSA) is 61.8 Å². The van der Waals surface area contributed by atoms with Gasteiger partial charge >= 0.3 is 0 Å². The largest absolute Gasteiger partial charge is 0.491 e. The van der Waals surface area contributed by atoms with Crippen LogP contribution in [0, 0.1) is 5.92 Å². The number of piperidine rings is 1. The van der Waals surface area contributed by atoms with E-state index in [1.54, 1.807) is 24.3 Å². The van der Waals surface area contributed by atoms with Crippen molar-refractivity contribution >= 4 is 11.6 Å². The van der Waals surface area contributed by atoms with E-state index in [1.165, 1.54) is 19.8 Å². The number of amides is 1. The Morgan fingerprint density at radius 3 is 2.82 bits per heavy atom. The van der Waals surface area contributed by atoms with Crippen molar-refractivity contribution in [1.29, 1.82) is 0 Å². The Balaban J connectivity index is 1.73. The van der Waals surface area contributed by atoms with Gasteiger partial charge in [-0.2, -0.15) is 0 Å². The summed E-state index contributed by atoms with van der Waals surface area (Å²) in [5, 5.41) is 12.8. The molecule has 0 radical (unpaired) electrons. The molecular weight excluding hydrogens is 280 g/mol. The van der Waals surface area contributed by atoms with Crippen molar-refractivity contribution < 1.29 is 14.6 Å². The lowest BCUT2D eigenvalue weighted by molar-refractivity contribution is -0.114. The molecule has 0 aromatic heterocycles. The first-order chi connectivity index (χ1) is 10.5. The van der Waals surface area contributed by atoms with Crippen LogP contribution in [0.25, 0.3) is 0 Å². The van der Waals surface area contributed by atoms with E-state index in [0.717, 1.165) is 18.8 Å². The molecule has 2 rings (SSSR count). The molecule has 0 bridgehead atoms. The average molecular weight is 306 g/mol. The number of ether oxygens (including phenoxy) is 1. The summed E-state index contributed by atoms with van der Waals surface area (Å²) in [5.41, 5.74) is 0.739. The van der Waals surface area contributed by atoms with E-state index in [2.05, 4.69) is 17.1 Å². The lowest BCUT2D eigenvalue weighted by atomic mass is 10.0. The van der Waals surface area contributed by atoms with Gasteiger partial charge in [0.05, 0.1) is 0 Å². The highest BCUT2D eigenvalue weighted by Gasteiger charge is 2.19. The van der Waals surface area contributed by atoms with Crippen LogP contribution in [0.15, 0.2) is 24.3 Å². The monoisotopic (exact) mass is 306 g/mol. The van der Waals surface area contributed by atoms with Gasteiger partial charge in [0, 0.05) is 25.7 Å². The second-order valence-corrected chi connectivity index (χ2v) is 6.18. The number of aliphatic hydroxyl groups is 1. The zero-order chi connectivity index (χ0) is 15.9. The number of hydrogen-bond acceptors (Lipinski definition) is 4. The fourth-order valence-electron chi connectivity index (χ4n) is 2.83. The number of rotatable bonds is 6. The predicted octanol–water partition coefficient (Wildman–Crippen LogP) is 2.12. The molecule has 5 nitrogen and oxygen atoms in total. The number of aliphatic hydroxyl groups excluding tert-OH is 1. The minimum atomic E-state index is -0.486. The van der Waals surface area contributed by atoms with Crippen molar-refractivity contribution in [3.63, 3.8) is 0 Å². The summed E-state index contributed by atoms with van der Waals surface area (Å²) in [7, 11) is 0. The molecule has 1 heterocycles. The molecule has 1 amide bonds. The van der Waals surface area contributed by atoms with Gasteiger partial charge in [-0.15, -0.1) is 0 Å².